The summed E-state index contributed by atoms with van der Waals surface area (Å²) in [6.07, 6.45) is 3.73. The van der Waals surface area contributed by atoms with Crippen LogP contribution in [0.1, 0.15) is 23.4 Å². The van der Waals surface area contributed by atoms with Crippen molar-refractivity contribution in [3.8, 4) is 10.6 Å². The molecular weight excluding hydrogens is 320 g/mol. The van der Waals surface area contributed by atoms with Gasteiger partial charge in [0.05, 0.1) is 5.69 Å². The minimum atomic E-state index is 0.650. The smallest absolute Gasteiger partial charge is 0.123 e. The Labute approximate surface area is 126 Å². The zero-order valence-electron chi connectivity index (χ0n) is 10.9. The summed E-state index contributed by atoms with van der Waals surface area (Å²) in [5.41, 5.74) is 2.40. The normalized spacial score (nSPS) is 18.9. The number of thiazole rings is 1. The van der Waals surface area contributed by atoms with Crippen molar-refractivity contribution in [2.45, 2.75) is 32.2 Å². The average Bonchev–Trinajstić information content (AvgIpc) is 3.02. The molecule has 0 saturated carbocycles. The molecule has 2 heterocycles. The number of nitrogens with one attached hydrogen (secondary N) is 1. The molecule has 0 spiro atoms. The van der Waals surface area contributed by atoms with Crippen molar-refractivity contribution < 1.29 is 0 Å². The van der Waals surface area contributed by atoms with E-state index >= 15 is 0 Å². The lowest BCUT2D eigenvalue weighted by Gasteiger charge is -2.07. The lowest BCUT2D eigenvalue weighted by Crippen LogP contribution is -2.23. The number of rotatable bonds is 3. The topological polar surface area (TPSA) is 24.9 Å². The van der Waals surface area contributed by atoms with Crippen LogP contribution in [-0.2, 0) is 6.42 Å². The quantitative estimate of drug-likeness (QED) is 0.909. The third-order valence-corrected chi connectivity index (χ3v) is 5.34. The minimum Gasteiger partial charge on any atom is -0.314 e. The van der Waals surface area contributed by atoms with Crippen molar-refractivity contribution in [2.75, 3.05) is 6.54 Å². The van der Waals surface area contributed by atoms with Gasteiger partial charge in [0.1, 0.15) is 5.01 Å². The molecular formula is C15H17BrN2S. The van der Waals surface area contributed by atoms with E-state index < -0.39 is 0 Å². The van der Waals surface area contributed by atoms with Crippen LogP contribution in [0.2, 0.25) is 0 Å². The predicted octanol–water partition coefficient (Wildman–Crippen LogP) is 4.18. The van der Waals surface area contributed by atoms with Crippen LogP contribution in [0.4, 0.5) is 0 Å². The Kier molecular flexibility index (Phi) is 4.01. The van der Waals surface area contributed by atoms with Crippen LogP contribution in [0.15, 0.2) is 28.7 Å². The van der Waals surface area contributed by atoms with Crippen molar-refractivity contribution in [1.29, 1.82) is 0 Å². The molecule has 1 N–H and O–H groups in total. The second-order valence-corrected chi connectivity index (χ2v) is 7.03. The van der Waals surface area contributed by atoms with E-state index in [-0.39, 0.29) is 0 Å². The number of benzene rings is 1. The molecule has 2 aromatic rings. The van der Waals surface area contributed by atoms with E-state index in [4.69, 9.17) is 4.98 Å². The molecule has 0 amide bonds. The Morgan fingerprint density at radius 2 is 2.16 bits per heavy atom. The summed E-state index contributed by atoms with van der Waals surface area (Å²) in [4.78, 5) is 6.16. The molecule has 1 aliphatic heterocycles. The van der Waals surface area contributed by atoms with Gasteiger partial charge in [0.2, 0.25) is 0 Å². The van der Waals surface area contributed by atoms with Crippen LogP contribution in [0.5, 0.6) is 0 Å². The van der Waals surface area contributed by atoms with Crippen molar-refractivity contribution in [2.24, 2.45) is 0 Å². The average molecular weight is 337 g/mol. The van der Waals surface area contributed by atoms with Crippen LogP contribution in [0, 0.1) is 6.92 Å². The lowest BCUT2D eigenvalue weighted by atomic mass is 10.1. The molecule has 1 aliphatic rings. The van der Waals surface area contributed by atoms with Crippen LogP contribution in [-0.4, -0.2) is 17.6 Å². The highest BCUT2D eigenvalue weighted by atomic mass is 79.9. The number of aryl methyl sites for hydroxylation is 1. The second-order valence-electron chi connectivity index (χ2n) is 5.03. The van der Waals surface area contributed by atoms with Gasteiger partial charge in [0, 0.05) is 21.0 Å². The first kappa shape index (κ1) is 13.3. The van der Waals surface area contributed by atoms with Gasteiger partial charge >= 0.3 is 0 Å². The van der Waals surface area contributed by atoms with Gasteiger partial charge in [0.15, 0.2) is 0 Å². The van der Waals surface area contributed by atoms with E-state index in [0.717, 1.165) is 15.9 Å². The molecule has 1 unspecified atom stereocenters. The van der Waals surface area contributed by atoms with E-state index in [1.165, 1.54) is 35.5 Å². The van der Waals surface area contributed by atoms with Gasteiger partial charge in [-0.15, -0.1) is 11.3 Å². The zero-order valence-corrected chi connectivity index (χ0v) is 13.4. The monoisotopic (exact) mass is 336 g/mol. The molecule has 1 atom stereocenters. The summed E-state index contributed by atoms with van der Waals surface area (Å²) in [6.45, 7) is 3.30. The summed E-state index contributed by atoms with van der Waals surface area (Å²) in [7, 11) is 0. The molecule has 0 aliphatic carbocycles. The third-order valence-electron chi connectivity index (χ3n) is 3.58. The summed E-state index contributed by atoms with van der Waals surface area (Å²) in [6, 6.07) is 9.05. The maximum absolute atomic E-state index is 4.73. The highest BCUT2D eigenvalue weighted by Gasteiger charge is 2.18. The molecule has 0 bridgehead atoms. The van der Waals surface area contributed by atoms with Gasteiger partial charge in [-0.2, -0.15) is 0 Å². The molecule has 4 heteroatoms. The molecule has 1 fully saturated rings. The molecule has 0 radical (unpaired) electrons. The summed E-state index contributed by atoms with van der Waals surface area (Å²) < 4.78 is 1.11. The van der Waals surface area contributed by atoms with Crippen LogP contribution in [0.3, 0.4) is 0 Å². The van der Waals surface area contributed by atoms with Gasteiger partial charge in [-0.1, -0.05) is 28.1 Å². The third kappa shape index (κ3) is 3.07. The van der Waals surface area contributed by atoms with Crippen molar-refractivity contribution in [3.05, 3.63) is 39.3 Å². The Morgan fingerprint density at radius 3 is 2.84 bits per heavy atom. The number of nitrogens with zero attached hydrogens (tertiary/aromatic N) is 1. The Hall–Kier alpha value is -0.710. The van der Waals surface area contributed by atoms with E-state index in [1.54, 1.807) is 0 Å². The highest BCUT2D eigenvalue weighted by molar-refractivity contribution is 9.10. The van der Waals surface area contributed by atoms with Crippen molar-refractivity contribution >= 4 is 27.3 Å². The Bertz CT molecular complexity index is 556. The Morgan fingerprint density at radius 1 is 1.37 bits per heavy atom. The second kappa shape index (κ2) is 5.73. The molecule has 100 valence electrons. The molecule has 19 heavy (non-hydrogen) atoms. The van der Waals surface area contributed by atoms with Gasteiger partial charge in [0.25, 0.3) is 0 Å². The number of halogens is 1. The van der Waals surface area contributed by atoms with Gasteiger partial charge in [-0.05, 0) is 44.9 Å². The number of hydrogen-bond donors (Lipinski definition) is 1. The standard InChI is InChI=1S/C15H17BrN2S/c1-10-14(9-13-3-2-8-17-13)19-15(18-10)11-4-6-12(16)7-5-11/h4-7,13,17H,2-3,8-9H2,1H3. The fraction of sp³-hybridized carbons (Fsp3) is 0.400. The minimum absolute atomic E-state index is 0.650. The number of aromatic nitrogens is 1. The summed E-state index contributed by atoms with van der Waals surface area (Å²) >= 11 is 5.31. The highest BCUT2D eigenvalue weighted by Crippen LogP contribution is 2.30. The van der Waals surface area contributed by atoms with E-state index in [0.29, 0.717) is 6.04 Å². The first-order valence-electron chi connectivity index (χ1n) is 6.68. The van der Waals surface area contributed by atoms with E-state index in [1.807, 2.05) is 11.3 Å². The van der Waals surface area contributed by atoms with Crippen LogP contribution >= 0.6 is 27.3 Å². The van der Waals surface area contributed by atoms with Crippen molar-refractivity contribution in [3.63, 3.8) is 0 Å². The molecule has 1 aromatic heterocycles. The zero-order chi connectivity index (χ0) is 13.2. The molecule has 3 rings (SSSR count). The van der Waals surface area contributed by atoms with E-state index in [9.17, 15) is 0 Å². The van der Waals surface area contributed by atoms with Gasteiger partial charge in [-0.25, -0.2) is 4.98 Å². The summed E-state index contributed by atoms with van der Waals surface area (Å²) in [5, 5.41) is 4.70. The fourth-order valence-corrected chi connectivity index (χ4v) is 3.90. The SMILES string of the molecule is Cc1nc(-c2ccc(Br)cc2)sc1CC1CCCN1. The maximum Gasteiger partial charge on any atom is 0.123 e. The predicted molar refractivity (Wildman–Crippen MR) is 84.7 cm³/mol. The Balaban J connectivity index is 1.81. The van der Waals surface area contributed by atoms with Crippen molar-refractivity contribution in [1.82, 2.24) is 10.3 Å². The van der Waals surface area contributed by atoms with Gasteiger partial charge in [-0.3, -0.25) is 0 Å². The van der Waals surface area contributed by atoms with E-state index in [2.05, 4.69) is 52.4 Å². The lowest BCUT2D eigenvalue weighted by molar-refractivity contribution is 0.606. The molecule has 2 nitrogen and oxygen atoms in total. The van der Waals surface area contributed by atoms with Gasteiger partial charge < -0.3 is 5.32 Å². The fourth-order valence-electron chi connectivity index (χ4n) is 2.49. The molecule has 1 saturated heterocycles. The largest absolute Gasteiger partial charge is 0.314 e. The molecule has 1 aromatic carbocycles. The number of hydrogen-bond acceptors (Lipinski definition) is 3. The van der Waals surface area contributed by atoms with Crippen LogP contribution < -0.4 is 5.32 Å². The summed E-state index contributed by atoms with van der Waals surface area (Å²) in [5.74, 6) is 0. The first-order valence-corrected chi connectivity index (χ1v) is 8.29. The first-order chi connectivity index (χ1) is 9.22. The van der Waals surface area contributed by atoms with Crippen LogP contribution in [0.25, 0.3) is 10.6 Å². The maximum atomic E-state index is 4.73.